The summed E-state index contributed by atoms with van der Waals surface area (Å²) in [6, 6.07) is 53.4. The van der Waals surface area contributed by atoms with Gasteiger partial charge >= 0.3 is 0 Å². The van der Waals surface area contributed by atoms with E-state index in [4.69, 9.17) is 0 Å². The van der Waals surface area contributed by atoms with Crippen LogP contribution in [0.2, 0.25) is 0 Å². The van der Waals surface area contributed by atoms with E-state index < -0.39 is 0 Å². The summed E-state index contributed by atoms with van der Waals surface area (Å²) in [6.07, 6.45) is 9.06. The van der Waals surface area contributed by atoms with Crippen molar-refractivity contribution in [3.8, 4) is 0 Å². The van der Waals surface area contributed by atoms with Gasteiger partial charge in [0.2, 0.25) is 6.71 Å². The van der Waals surface area contributed by atoms with Gasteiger partial charge < -0.3 is 4.90 Å². The normalized spacial score (nSPS) is 13.2. The van der Waals surface area contributed by atoms with E-state index in [1.807, 2.05) is 0 Å². The second kappa shape index (κ2) is 10.0. The standard InChI is InChI=1S/C42H28BN/c1-9-21-37-29(13-1)25-26-30-14-2-10-22-38(30)43(37)41-33-17-5-7-19-35(33)42(36-20-8-6-18-34(36)41)44-39-23-11-3-15-31(39)27-28-32-16-4-12-24-40(32)44/h1-28H. The number of hydrogen-bond donors (Lipinski definition) is 0. The molecule has 0 amide bonds. The molecule has 1 nitrogen and oxygen atoms in total. The van der Waals surface area contributed by atoms with Gasteiger partial charge in [-0.05, 0) is 45.2 Å². The Bertz CT molecular complexity index is 1990. The third-order valence-corrected chi connectivity index (χ3v) is 9.31. The van der Waals surface area contributed by atoms with Crippen molar-refractivity contribution in [3.63, 3.8) is 0 Å². The van der Waals surface area contributed by atoms with Crippen LogP contribution in [0.25, 0.3) is 45.8 Å². The fourth-order valence-corrected chi connectivity index (χ4v) is 7.41. The van der Waals surface area contributed by atoms with Crippen LogP contribution in [0.3, 0.4) is 0 Å². The predicted octanol–water partition coefficient (Wildman–Crippen LogP) is 8.95. The number of benzene rings is 7. The molecule has 9 rings (SSSR count). The van der Waals surface area contributed by atoms with E-state index in [2.05, 4.69) is 175 Å². The van der Waals surface area contributed by atoms with Gasteiger partial charge in [0.05, 0.1) is 17.1 Å². The van der Waals surface area contributed by atoms with Gasteiger partial charge in [-0.2, -0.15) is 0 Å². The molecule has 0 radical (unpaired) electrons. The van der Waals surface area contributed by atoms with E-state index in [-0.39, 0.29) is 6.71 Å². The highest BCUT2D eigenvalue weighted by Crippen LogP contribution is 2.47. The van der Waals surface area contributed by atoms with Crippen molar-refractivity contribution in [2.75, 3.05) is 4.90 Å². The molecule has 0 N–H and O–H groups in total. The van der Waals surface area contributed by atoms with Gasteiger partial charge in [-0.25, -0.2) is 0 Å². The Morgan fingerprint density at radius 1 is 0.341 bits per heavy atom. The number of hydrogen-bond acceptors (Lipinski definition) is 1. The number of nitrogens with zero attached hydrogens (tertiary/aromatic N) is 1. The van der Waals surface area contributed by atoms with Crippen LogP contribution in [0, 0.1) is 0 Å². The molecule has 7 aromatic rings. The quantitative estimate of drug-likeness (QED) is 0.152. The molecule has 44 heavy (non-hydrogen) atoms. The topological polar surface area (TPSA) is 3.24 Å². The Morgan fingerprint density at radius 3 is 1.20 bits per heavy atom. The minimum atomic E-state index is 0.0756. The smallest absolute Gasteiger partial charge is 0.244 e. The van der Waals surface area contributed by atoms with Crippen molar-refractivity contribution in [3.05, 3.63) is 168 Å². The summed E-state index contributed by atoms with van der Waals surface area (Å²) in [5, 5.41) is 5.06. The molecule has 0 saturated heterocycles. The Hall–Kier alpha value is -5.60. The molecule has 7 aromatic carbocycles. The molecule has 204 valence electrons. The molecule has 0 saturated carbocycles. The summed E-state index contributed by atoms with van der Waals surface area (Å²) >= 11 is 0. The van der Waals surface area contributed by atoms with Crippen molar-refractivity contribution >= 4 is 86.0 Å². The lowest BCUT2D eigenvalue weighted by molar-refractivity contribution is 1.30. The Labute approximate surface area is 258 Å². The zero-order valence-electron chi connectivity index (χ0n) is 24.2. The molecule has 0 unspecified atom stereocenters. The average Bonchev–Trinajstić information content (AvgIpc) is 3.36. The highest BCUT2D eigenvalue weighted by molar-refractivity contribution is 6.99. The molecule has 0 aliphatic carbocycles. The van der Waals surface area contributed by atoms with Crippen molar-refractivity contribution in [1.82, 2.24) is 0 Å². The van der Waals surface area contributed by atoms with Crippen molar-refractivity contribution in [2.45, 2.75) is 0 Å². The third-order valence-electron chi connectivity index (χ3n) is 9.31. The van der Waals surface area contributed by atoms with Gasteiger partial charge in [-0.1, -0.05) is 174 Å². The Morgan fingerprint density at radius 2 is 0.705 bits per heavy atom. The van der Waals surface area contributed by atoms with Crippen molar-refractivity contribution in [1.29, 1.82) is 0 Å². The Balaban J connectivity index is 1.44. The molecule has 2 heterocycles. The minimum Gasteiger partial charge on any atom is -0.308 e. The van der Waals surface area contributed by atoms with Crippen LogP contribution < -0.4 is 21.3 Å². The zero-order valence-corrected chi connectivity index (χ0v) is 24.2. The van der Waals surface area contributed by atoms with Crippen LogP contribution in [0.5, 0.6) is 0 Å². The number of para-hydroxylation sites is 2. The van der Waals surface area contributed by atoms with Crippen LogP contribution in [-0.4, -0.2) is 6.71 Å². The maximum Gasteiger partial charge on any atom is 0.244 e. The predicted molar refractivity (Wildman–Crippen MR) is 192 cm³/mol. The van der Waals surface area contributed by atoms with Gasteiger partial charge in [0.1, 0.15) is 0 Å². The largest absolute Gasteiger partial charge is 0.308 e. The molecule has 2 aliphatic heterocycles. The van der Waals surface area contributed by atoms with Gasteiger partial charge in [-0.15, -0.1) is 0 Å². The summed E-state index contributed by atoms with van der Waals surface area (Å²) < 4.78 is 0. The van der Waals surface area contributed by atoms with Gasteiger partial charge in [-0.3, -0.25) is 0 Å². The highest BCUT2D eigenvalue weighted by atomic mass is 15.2. The van der Waals surface area contributed by atoms with E-state index in [0.717, 1.165) is 0 Å². The van der Waals surface area contributed by atoms with E-state index in [1.165, 1.54) is 77.2 Å². The lowest BCUT2D eigenvalue weighted by Crippen LogP contribution is -2.54. The molecule has 0 fully saturated rings. The SMILES string of the molecule is C1=Cc2ccccc2B(c2c3ccccc3c(N3c4ccccc4C=Cc4ccccc43)c3ccccc23)c2ccccc21. The second-order valence-corrected chi connectivity index (χ2v) is 11.7. The molecule has 0 spiro atoms. The van der Waals surface area contributed by atoms with E-state index in [1.54, 1.807) is 0 Å². The first kappa shape index (κ1) is 25.0. The molecule has 0 bridgehead atoms. The number of anilines is 3. The molecule has 0 atom stereocenters. The first-order valence-corrected chi connectivity index (χ1v) is 15.3. The molecular formula is C42H28BN. The van der Waals surface area contributed by atoms with Gasteiger partial charge in [0.15, 0.2) is 0 Å². The zero-order chi connectivity index (χ0) is 29.0. The maximum atomic E-state index is 2.50. The maximum absolute atomic E-state index is 2.50. The third kappa shape index (κ3) is 3.74. The summed E-state index contributed by atoms with van der Waals surface area (Å²) in [6.45, 7) is 0.0756. The molecular weight excluding hydrogens is 529 g/mol. The minimum absolute atomic E-state index is 0.0756. The number of rotatable bonds is 2. The van der Waals surface area contributed by atoms with Crippen LogP contribution in [0.15, 0.2) is 146 Å². The van der Waals surface area contributed by atoms with Gasteiger partial charge in [0, 0.05) is 10.8 Å². The summed E-state index contributed by atoms with van der Waals surface area (Å²) in [4.78, 5) is 2.50. The fourth-order valence-electron chi connectivity index (χ4n) is 7.41. The summed E-state index contributed by atoms with van der Waals surface area (Å²) in [5.74, 6) is 0. The van der Waals surface area contributed by atoms with Crippen molar-refractivity contribution < 1.29 is 0 Å². The van der Waals surface area contributed by atoms with Crippen LogP contribution >= 0.6 is 0 Å². The molecule has 2 heteroatoms. The van der Waals surface area contributed by atoms with E-state index in [0.29, 0.717) is 0 Å². The van der Waals surface area contributed by atoms with E-state index >= 15 is 0 Å². The fraction of sp³-hybridized carbons (Fsp3) is 0. The summed E-state index contributed by atoms with van der Waals surface area (Å²) in [7, 11) is 0. The van der Waals surface area contributed by atoms with E-state index in [9.17, 15) is 0 Å². The molecule has 0 aromatic heterocycles. The van der Waals surface area contributed by atoms with Crippen LogP contribution in [-0.2, 0) is 0 Å². The van der Waals surface area contributed by atoms with Crippen LogP contribution in [0.4, 0.5) is 17.1 Å². The van der Waals surface area contributed by atoms with Gasteiger partial charge in [0.25, 0.3) is 0 Å². The highest BCUT2D eigenvalue weighted by Gasteiger charge is 2.32. The lowest BCUT2D eigenvalue weighted by Gasteiger charge is -2.31. The number of fused-ring (bicyclic) bond motifs is 6. The first-order valence-electron chi connectivity index (χ1n) is 15.3. The summed E-state index contributed by atoms with van der Waals surface area (Å²) in [5.41, 5.74) is 12.6. The molecule has 2 aliphatic rings. The van der Waals surface area contributed by atoms with Crippen LogP contribution in [0.1, 0.15) is 22.3 Å². The first-order chi connectivity index (χ1) is 21.9. The second-order valence-electron chi connectivity index (χ2n) is 11.7. The monoisotopic (exact) mass is 557 g/mol. The Kier molecular flexibility index (Phi) is 5.67. The average molecular weight is 558 g/mol. The lowest BCUT2D eigenvalue weighted by atomic mass is 9.34. The van der Waals surface area contributed by atoms with Crippen molar-refractivity contribution in [2.24, 2.45) is 0 Å².